The van der Waals surface area contributed by atoms with Crippen molar-refractivity contribution in [3.63, 3.8) is 0 Å². The van der Waals surface area contributed by atoms with Gasteiger partial charge in [0, 0.05) is 28.6 Å². The van der Waals surface area contributed by atoms with Crippen molar-refractivity contribution in [3.8, 4) is 0 Å². The predicted octanol–water partition coefficient (Wildman–Crippen LogP) is 8.03. The number of hydrogen-bond donors (Lipinski definition) is 0. The summed E-state index contributed by atoms with van der Waals surface area (Å²) in [5.41, 5.74) is 5.54. The summed E-state index contributed by atoms with van der Waals surface area (Å²) in [7, 11) is 0. The van der Waals surface area contributed by atoms with Gasteiger partial charge in [0.05, 0.1) is 17.1 Å². The zero-order valence-electron chi connectivity index (χ0n) is 21.5. The number of carbonyl (C=O) groups excluding carboxylic acids is 1. The second kappa shape index (κ2) is 9.66. The lowest BCUT2D eigenvalue weighted by atomic mass is 9.91. The van der Waals surface area contributed by atoms with E-state index in [2.05, 4.69) is 48.5 Å². The summed E-state index contributed by atoms with van der Waals surface area (Å²) in [5, 5.41) is 17.5. The van der Waals surface area contributed by atoms with E-state index >= 15 is 0 Å². The van der Waals surface area contributed by atoms with Crippen LogP contribution in [0.2, 0.25) is 5.02 Å². The molecule has 0 fully saturated rings. The molecule has 194 valence electrons. The highest BCUT2D eigenvalue weighted by Crippen LogP contribution is 2.55. The van der Waals surface area contributed by atoms with Crippen molar-refractivity contribution in [2.45, 2.75) is 11.9 Å². The fourth-order valence-corrected chi connectivity index (χ4v) is 6.77. The molecule has 1 spiro atoms. The molecule has 40 heavy (non-hydrogen) atoms. The third kappa shape index (κ3) is 3.83. The van der Waals surface area contributed by atoms with Crippen LogP contribution in [0, 0.1) is 0 Å². The van der Waals surface area contributed by atoms with Crippen molar-refractivity contribution in [2.24, 2.45) is 10.2 Å². The Balaban J connectivity index is 1.55. The molecule has 2 aliphatic rings. The molecule has 7 heteroatoms. The number of rotatable bonds is 4. The lowest BCUT2D eigenvalue weighted by molar-refractivity contribution is -0.110. The average molecular weight is 559 g/mol. The Morgan fingerprint density at radius 3 is 2.12 bits per heavy atom. The maximum atomic E-state index is 12.8. The van der Waals surface area contributed by atoms with Crippen molar-refractivity contribution in [1.29, 1.82) is 0 Å². The third-order valence-corrected chi connectivity index (χ3v) is 8.82. The van der Waals surface area contributed by atoms with Crippen LogP contribution >= 0.6 is 23.4 Å². The number of thioether (sulfide) groups is 1. The molecule has 0 saturated carbocycles. The summed E-state index contributed by atoms with van der Waals surface area (Å²) in [6.07, 6.45) is 0. The van der Waals surface area contributed by atoms with E-state index in [0.717, 1.165) is 44.5 Å². The van der Waals surface area contributed by atoms with Gasteiger partial charge in [-0.3, -0.25) is 4.79 Å². The first-order valence-electron chi connectivity index (χ1n) is 12.9. The van der Waals surface area contributed by atoms with E-state index < -0.39 is 4.99 Å². The Morgan fingerprint density at radius 2 is 1.32 bits per heavy atom. The van der Waals surface area contributed by atoms with E-state index in [1.165, 1.54) is 11.8 Å². The van der Waals surface area contributed by atoms with Gasteiger partial charge in [0.25, 0.3) is 0 Å². The number of benzene rings is 5. The molecule has 0 saturated heterocycles. The first-order valence-corrected chi connectivity index (χ1v) is 14.1. The number of carbonyl (C=O) groups is 1. The lowest BCUT2D eigenvalue weighted by Crippen LogP contribution is -2.54. The van der Waals surface area contributed by atoms with Crippen molar-refractivity contribution < 1.29 is 4.79 Å². The number of hydrazone groups is 2. The summed E-state index contributed by atoms with van der Waals surface area (Å²) in [5.74, 6) is -0.102. The van der Waals surface area contributed by atoms with Crippen LogP contribution in [-0.4, -0.2) is 16.5 Å². The van der Waals surface area contributed by atoms with Gasteiger partial charge in [0.2, 0.25) is 4.99 Å². The number of para-hydroxylation sites is 1. The first kappa shape index (κ1) is 24.6. The molecule has 5 aromatic carbocycles. The highest BCUT2D eigenvalue weighted by Gasteiger charge is 2.55. The van der Waals surface area contributed by atoms with E-state index in [-0.39, 0.29) is 5.78 Å². The molecule has 2 aliphatic heterocycles. The Bertz CT molecular complexity index is 1830. The minimum Gasteiger partial charge on any atom is -0.292 e. The van der Waals surface area contributed by atoms with E-state index in [9.17, 15) is 4.79 Å². The van der Waals surface area contributed by atoms with E-state index in [1.54, 1.807) is 6.92 Å². The Hall–Kier alpha value is -4.39. The smallest absolute Gasteiger partial charge is 0.234 e. The molecule has 0 amide bonds. The molecule has 7 rings (SSSR count). The number of ketones is 1. The number of anilines is 2. The van der Waals surface area contributed by atoms with Crippen molar-refractivity contribution in [3.05, 3.63) is 143 Å². The molecule has 0 unspecified atom stereocenters. The van der Waals surface area contributed by atoms with Crippen molar-refractivity contribution in [2.75, 3.05) is 10.0 Å². The van der Waals surface area contributed by atoms with Crippen LogP contribution < -0.4 is 10.0 Å². The second-order valence-corrected chi connectivity index (χ2v) is 11.2. The van der Waals surface area contributed by atoms with Gasteiger partial charge in [-0.2, -0.15) is 10.2 Å². The van der Waals surface area contributed by atoms with Crippen LogP contribution in [0.5, 0.6) is 0 Å². The van der Waals surface area contributed by atoms with Gasteiger partial charge >= 0.3 is 0 Å². The summed E-state index contributed by atoms with van der Waals surface area (Å²) in [4.78, 5) is 11.8. The number of fused-ring (bicyclic) bond motifs is 3. The standard InChI is InChI=1S/C33H23ClN4OS/c1-22(39)32-36-38(26-20-18-24(34)19-21-26)33(40-32)30-17-8-7-15-29(30)31(35-37(33)25-12-3-2-4-13-25)28-16-9-11-23-10-5-6-14-27(23)28/h2-21H,1H3/t33-/m1/s1. The van der Waals surface area contributed by atoms with Crippen LogP contribution in [-0.2, 0) is 9.79 Å². The van der Waals surface area contributed by atoms with Crippen LogP contribution in [0.15, 0.2) is 132 Å². The van der Waals surface area contributed by atoms with Crippen LogP contribution in [0.3, 0.4) is 0 Å². The summed E-state index contributed by atoms with van der Waals surface area (Å²) in [6.45, 7) is 1.55. The number of halogens is 1. The van der Waals surface area contributed by atoms with Gasteiger partial charge in [-0.05, 0) is 58.9 Å². The molecule has 1 atom stereocenters. The summed E-state index contributed by atoms with van der Waals surface area (Å²) < 4.78 is 0. The second-order valence-electron chi connectivity index (χ2n) is 9.63. The highest BCUT2D eigenvalue weighted by molar-refractivity contribution is 8.17. The Morgan fingerprint density at radius 1 is 0.700 bits per heavy atom. The van der Waals surface area contributed by atoms with Gasteiger partial charge in [-0.15, -0.1) is 0 Å². The third-order valence-electron chi connectivity index (χ3n) is 7.15. The van der Waals surface area contributed by atoms with Gasteiger partial charge in [-0.1, -0.05) is 96.5 Å². The van der Waals surface area contributed by atoms with Gasteiger partial charge in [0.1, 0.15) is 0 Å². The van der Waals surface area contributed by atoms with E-state index in [4.69, 9.17) is 21.8 Å². The molecule has 0 radical (unpaired) electrons. The molecule has 2 heterocycles. The lowest BCUT2D eigenvalue weighted by Gasteiger charge is -2.47. The average Bonchev–Trinajstić information content (AvgIpc) is 3.39. The zero-order valence-corrected chi connectivity index (χ0v) is 23.1. The fraction of sp³-hybridized carbons (Fsp3) is 0.0606. The van der Waals surface area contributed by atoms with Crippen molar-refractivity contribution >= 4 is 62.0 Å². The van der Waals surface area contributed by atoms with Gasteiger partial charge < -0.3 is 0 Å². The Labute approximate surface area is 241 Å². The highest BCUT2D eigenvalue weighted by atomic mass is 35.5. The number of hydrogen-bond acceptors (Lipinski definition) is 6. The van der Waals surface area contributed by atoms with Crippen LogP contribution in [0.25, 0.3) is 10.8 Å². The molecule has 0 aliphatic carbocycles. The fourth-order valence-electron chi connectivity index (χ4n) is 5.36. The molecule has 5 nitrogen and oxygen atoms in total. The maximum Gasteiger partial charge on any atom is 0.234 e. The van der Waals surface area contributed by atoms with E-state index in [1.807, 2.05) is 82.8 Å². The zero-order chi connectivity index (χ0) is 27.3. The first-order chi connectivity index (χ1) is 19.6. The Kier molecular flexibility index (Phi) is 5.95. The predicted molar refractivity (Wildman–Crippen MR) is 166 cm³/mol. The normalized spacial score (nSPS) is 18.1. The van der Waals surface area contributed by atoms with Gasteiger partial charge in [-0.25, -0.2) is 10.0 Å². The molecule has 0 bridgehead atoms. The molecular weight excluding hydrogens is 536 g/mol. The number of Topliss-reactive ketones (excluding diaryl/α,β-unsaturated/α-hetero) is 1. The van der Waals surface area contributed by atoms with Crippen LogP contribution in [0.4, 0.5) is 11.4 Å². The van der Waals surface area contributed by atoms with E-state index in [0.29, 0.717) is 10.1 Å². The topological polar surface area (TPSA) is 48.3 Å². The maximum absolute atomic E-state index is 12.8. The largest absolute Gasteiger partial charge is 0.292 e. The summed E-state index contributed by atoms with van der Waals surface area (Å²) in [6, 6.07) is 40.5. The minimum absolute atomic E-state index is 0.102. The molecular formula is C33H23ClN4OS. The minimum atomic E-state index is -0.999. The van der Waals surface area contributed by atoms with Gasteiger partial charge in [0.15, 0.2) is 10.8 Å². The molecule has 5 aromatic rings. The SMILES string of the molecule is CC(=O)C1=NN(c2ccc(Cl)cc2)[C@@]2(S1)c1ccccc1C(c1cccc3ccccc13)=NN2c1ccccc1. The number of nitrogens with zero attached hydrogens (tertiary/aromatic N) is 4. The van der Waals surface area contributed by atoms with Crippen molar-refractivity contribution in [1.82, 2.24) is 0 Å². The molecule has 0 aromatic heterocycles. The summed E-state index contributed by atoms with van der Waals surface area (Å²) >= 11 is 7.68. The molecule has 0 N–H and O–H groups in total. The monoisotopic (exact) mass is 558 g/mol. The van der Waals surface area contributed by atoms with Crippen LogP contribution in [0.1, 0.15) is 23.6 Å². The quantitative estimate of drug-likeness (QED) is 0.224.